The Morgan fingerprint density at radius 2 is 1.81 bits per heavy atom. The molecule has 0 saturated heterocycles. The van der Waals surface area contributed by atoms with E-state index in [9.17, 15) is 14.5 Å². The summed E-state index contributed by atoms with van der Waals surface area (Å²) in [6.07, 6.45) is 0. The average molecular weight is 253 g/mol. The Labute approximate surface area is 95.9 Å². The lowest BCUT2D eigenvalue weighted by atomic mass is 10.3. The molecule has 0 aliphatic carbocycles. The highest BCUT2D eigenvalue weighted by molar-refractivity contribution is 7.54. The van der Waals surface area contributed by atoms with Gasteiger partial charge in [-0.2, -0.15) is 0 Å². The molecule has 2 atom stereocenters. The molecule has 0 heterocycles. The normalized spacial score (nSPS) is 15.6. The zero-order valence-corrected chi connectivity index (χ0v) is 11.0. The molecule has 0 spiro atoms. The lowest BCUT2D eigenvalue weighted by Gasteiger charge is -2.26. The van der Waals surface area contributed by atoms with E-state index in [1.807, 2.05) is 0 Å². The molecule has 0 aliphatic rings. The number of carbonyl (C=O) groups is 1. The highest BCUT2D eigenvalue weighted by atomic mass is 31.2. The Hall–Kier alpha value is -0.420. The molecule has 0 aliphatic heterocycles. The van der Waals surface area contributed by atoms with E-state index < -0.39 is 19.5 Å². The van der Waals surface area contributed by atoms with Crippen LogP contribution in [-0.2, 0) is 18.4 Å². The second-order valence-electron chi connectivity index (χ2n) is 3.28. The molecule has 0 saturated carbocycles. The summed E-state index contributed by atoms with van der Waals surface area (Å²) in [5.41, 5.74) is 0. The van der Waals surface area contributed by atoms with Crippen molar-refractivity contribution in [3.63, 3.8) is 0 Å². The molecule has 96 valence electrons. The van der Waals surface area contributed by atoms with Gasteiger partial charge in [0.15, 0.2) is 5.85 Å². The summed E-state index contributed by atoms with van der Waals surface area (Å²) in [6, 6.07) is -0.693. The lowest BCUT2D eigenvalue weighted by molar-refractivity contribution is -0.120. The van der Waals surface area contributed by atoms with Crippen LogP contribution in [0.4, 0.5) is 0 Å². The molecular weight excluding hydrogens is 233 g/mol. The van der Waals surface area contributed by atoms with Gasteiger partial charge in [-0.15, -0.1) is 0 Å². The van der Waals surface area contributed by atoms with Gasteiger partial charge < -0.3 is 19.5 Å². The summed E-state index contributed by atoms with van der Waals surface area (Å²) < 4.78 is 22.0. The monoisotopic (exact) mass is 253 g/mol. The van der Waals surface area contributed by atoms with Crippen molar-refractivity contribution in [3.8, 4) is 0 Å². The largest absolute Gasteiger partial charge is 0.379 e. The van der Waals surface area contributed by atoms with Crippen LogP contribution in [-0.4, -0.2) is 36.1 Å². The molecule has 0 fully saturated rings. The molecular formula is C9H20NO5P. The maximum absolute atomic E-state index is 12.1. The number of rotatable bonds is 7. The number of carbonyl (C=O) groups excluding carboxylic acids is 1. The second kappa shape index (κ2) is 7.01. The van der Waals surface area contributed by atoms with Gasteiger partial charge in [-0.3, -0.25) is 9.36 Å². The van der Waals surface area contributed by atoms with Crippen molar-refractivity contribution in [1.82, 2.24) is 5.32 Å². The van der Waals surface area contributed by atoms with Gasteiger partial charge in [-0.25, -0.2) is 0 Å². The Kier molecular flexibility index (Phi) is 6.83. The third kappa shape index (κ3) is 4.61. The van der Waals surface area contributed by atoms with Crippen molar-refractivity contribution < 1.29 is 23.5 Å². The fraction of sp³-hybridized carbons (Fsp3) is 0.889. The fourth-order valence-corrected chi connectivity index (χ4v) is 2.94. The number of aliphatic hydroxyl groups excluding tert-OH is 1. The van der Waals surface area contributed by atoms with Gasteiger partial charge in [-0.05, 0) is 20.8 Å². The highest BCUT2D eigenvalue weighted by Gasteiger charge is 2.38. The van der Waals surface area contributed by atoms with E-state index in [2.05, 4.69) is 5.32 Å². The molecule has 0 aromatic carbocycles. The minimum Gasteiger partial charge on any atom is -0.379 e. The predicted molar refractivity (Wildman–Crippen MR) is 60.1 cm³/mol. The highest BCUT2D eigenvalue weighted by Crippen LogP contribution is 2.52. The van der Waals surface area contributed by atoms with Crippen LogP contribution in [0.2, 0.25) is 0 Å². The Morgan fingerprint density at radius 3 is 2.12 bits per heavy atom. The first-order valence-electron chi connectivity index (χ1n) is 5.21. The van der Waals surface area contributed by atoms with Crippen LogP contribution in [0.15, 0.2) is 0 Å². The van der Waals surface area contributed by atoms with Gasteiger partial charge in [0.05, 0.1) is 19.3 Å². The maximum Gasteiger partial charge on any atom is 0.360 e. The van der Waals surface area contributed by atoms with Gasteiger partial charge in [0.1, 0.15) is 0 Å². The van der Waals surface area contributed by atoms with Crippen LogP contribution in [0.1, 0.15) is 27.7 Å². The van der Waals surface area contributed by atoms with Gasteiger partial charge in [0.2, 0.25) is 5.91 Å². The van der Waals surface area contributed by atoms with Crippen LogP contribution in [0.5, 0.6) is 0 Å². The minimum absolute atomic E-state index is 0.168. The third-order valence-electron chi connectivity index (χ3n) is 1.82. The molecule has 0 bridgehead atoms. The quantitative estimate of drug-likeness (QED) is 0.663. The fourth-order valence-electron chi connectivity index (χ4n) is 1.22. The van der Waals surface area contributed by atoms with E-state index in [4.69, 9.17) is 9.05 Å². The zero-order valence-electron chi connectivity index (χ0n) is 10.1. The number of nitrogens with one attached hydrogen (secondary N) is 1. The molecule has 16 heavy (non-hydrogen) atoms. The molecule has 0 radical (unpaired) electrons. The number of hydrogen-bond donors (Lipinski definition) is 2. The van der Waals surface area contributed by atoms with E-state index in [1.54, 1.807) is 13.8 Å². The van der Waals surface area contributed by atoms with Crippen molar-refractivity contribution in [2.75, 3.05) is 13.2 Å². The third-order valence-corrected chi connectivity index (χ3v) is 4.15. The second-order valence-corrected chi connectivity index (χ2v) is 5.40. The lowest BCUT2D eigenvalue weighted by Crippen LogP contribution is -2.40. The summed E-state index contributed by atoms with van der Waals surface area (Å²) in [7, 11) is -3.58. The van der Waals surface area contributed by atoms with Crippen molar-refractivity contribution in [2.24, 2.45) is 0 Å². The standard InChI is InChI=1S/C9H20NO5P/c1-5-14-16(13,15-6-2)9(12)7(3)10-8(4)11/h7,9,12H,5-6H2,1-4H3,(H,10,11)/t7-,9-/m1/s1. The van der Waals surface area contributed by atoms with Crippen molar-refractivity contribution in [3.05, 3.63) is 0 Å². The van der Waals surface area contributed by atoms with Crippen LogP contribution in [0.3, 0.4) is 0 Å². The van der Waals surface area contributed by atoms with E-state index in [0.717, 1.165) is 0 Å². The number of amides is 1. The van der Waals surface area contributed by atoms with Crippen LogP contribution in [0, 0.1) is 0 Å². The average Bonchev–Trinajstić information content (AvgIpc) is 2.16. The first kappa shape index (κ1) is 15.6. The summed E-state index contributed by atoms with van der Waals surface area (Å²) in [5.74, 6) is -1.68. The number of hydrogen-bond acceptors (Lipinski definition) is 5. The SMILES string of the molecule is CCOP(=O)(OCC)[C@@H](O)[C@@H](C)NC(C)=O. The molecule has 0 aromatic rings. The summed E-state index contributed by atoms with van der Waals surface area (Å²) >= 11 is 0. The Morgan fingerprint density at radius 1 is 1.38 bits per heavy atom. The molecule has 0 rings (SSSR count). The molecule has 0 unspecified atom stereocenters. The smallest absolute Gasteiger partial charge is 0.360 e. The van der Waals surface area contributed by atoms with Gasteiger partial charge >= 0.3 is 7.60 Å². The van der Waals surface area contributed by atoms with Gasteiger partial charge in [0.25, 0.3) is 0 Å². The van der Waals surface area contributed by atoms with E-state index >= 15 is 0 Å². The van der Waals surface area contributed by atoms with E-state index in [0.29, 0.717) is 0 Å². The summed E-state index contributed by atoms with van der Waals surface area (Å²) in [6.45, 7) is 6.50. The molecule has 7 heteroatoms. The van der Waals surface area contributed by atoms with Gasteiger partial charge in [-0.1, -0.05) is 0 Å². The van der Waals surface area contributed by atoms with E-state index in [1.165, 1.54) is 13.8 Å². The molecule has 6 nitrogen and oxygen atoms in total. The molecule has 2 N–H and O–H groups in total. The van der Waals surface area contributed by atoms with Gasteiger partial charge in [0, 0.05) is 6.92 Å². The Bertz CT molecular complexity index is 261. The zero-order chi connectivity index (χ0) is 12.8. The van der Waals surface area contributed by atoms with Crippen molar-refractivity contribution in [2.45, 2.75) is 39.6 Å². The predicted octanol–water partition coefficient (Wildman–Crippen LogP) is 1.10. The van der Waals surface area contributed by atoms with E-state index in [-0.39, 0.29) is 19.1 Å². The summed E-state index contributed by atoms with van der Waals surface area (Å²) in [4.78, 5) is 10.8. The number of aliphatic hydroxyl groups is 1. The minimum atomic E-state index is -3.58. The topological polar surface area (TPSA) is 84.9 Å². The maximum atomic E-state index is 12.1. The molecule has 1 amide bonds. The van der Waals surface area contributed by atoms with Crippen molar-refractivity contribution in [1.29, 1.82) is 0 Å². The van der Waals surface area contributed by atoms with Crippen LogP contribution >= 0.6 is 7.60 Å². The molecule has 0 aromatic heterocycles. The van der Waals surface area contributed by atoms with Crippen molar-refractivity contribution >= 4 is 13.5 Å². The van der Waals surface area contributed by atoms with Crippen LogP contribution in [0.25, 0.3) is 0 Å². The Balaban J connectivity index is 4.65. The first-order valence-corrected chi connectivity index (χ1v) is 6.82. The summed E-state index contributed by atoms with van der Waals surface area (Å²) in [5, 5.41) is 12.3. The first-order chi connectivity index (χ1) is 7.37. The van der Waals surface area contributed by atoms with Crippen LogP contribution < -0.4 is 5.32 Å².